The maximum atomic E-state index is 12.2. The number of hydrogen-bond donors (Lipinski definition) is 0. The first kappa shape index (κ1) is 14.7. The summed E-state index contributed by atoms with van der Waals surface area (Å²) in [6.07, 6.45) is 3.20. The fourth-order valence-corrected chi connectivity index (χ4v) is 2.64. The molecule has 0 amide bonds. The molecule has 0 unspecified atom stereocenters. The third kappa shape index (κ3) is 2.88. The SMILES string of the molecule is Cc1cc(C(=O)/C=C/c2cc(Cl)c3c(c2)OCCO3)c(C)o1. The van der Waals surface area contributed by atoms with E-state index in [1.807, 2.05) is 6.92 Å². The number of carbonyl (C=O) groups is 1. The van der Waals surface area contributed by atoms with Gasteiger partial charge in [0.1, 0.15) is 24.7 Å². The minimum absolute atomic E-state index is 0.111. The highest BCUT2D eigenvalue weighted by Gasteiger charge is 2.16. The third-order valence-corrected chi connectivity index (χ3v) is 3.63. The summed E-state index contributed by atoms with van der Waals surface area (Å²) in [5, 5.41) is 0.472. The minimum Gasteiger partial charge on any atom is -0.486 e. The van der Waals surface area contributed by atoms with Crippen LogP contribution in [0, 0.1) is 13.8 Å². The second-order valence-corrected chi connectivity index (χ2v) is 5.46. The molecule has 0 atom stereocenters. The van der Waals surface area contributed by atoms with Gasteiger partial charge >= 0.3 is 0 Å². The van der Waals surface area contributed by atoms with Crippen molar-refractivity contribution in [1.82, 2.24) is 0 Å². The van der Waals surface area contributed by atoms with Crippen LogP contribution >= 0.6 is 11.6 Å². The summed E-state index contributed by atoms with van der Waals surface area (Å²) in [5.41, 5.74) is 1.35. The molecule has 3 rings (SSSR count). The van der Waals surface area contributed by atoms with Crippen LogP contribution in [0.4, 0.5) is 0 Å². The number of fused-ring (bicyclic) bond motifs is 1. The highest BCUT2D eigenvalue weighted by atomic mass is 35.5. The van der Waals surface area contributed by atoms with Crippen LogP contribution in [0.2, 0.25) is 5.02 Å². The summed E-state index contributed by atoms with van der Waals surface area (Å²) in [6, 6.07) is 5.28. The first-order valence-corrected chi connectivity index (χ1v) is 7.31. The Kier molecular flexibility index (Phi) is 3.94. The first-order chi connectivity index (χ1) is 10.5. The lowest BCUT2D eigenvalue weighted by Crippen LogP contribution is -2.15. The number of ketones is 1. The van der Waals surface area contributed by atoms with E-state index in [9.17, 15) is 4.79 Å². The van der Waals surface area contributed by atoms with Gasteiger partial charge in [0.25, 0.3) is 0 Å². The molecule has 0 radical (unpaired) electrons. The van der Waals surface area contributed by atoms with E-state index < -0.39 is 0 Å². The number of hydrogen-bond acceptors (Lipinski definition) is 4. The Morgan fingerprint density at radius 2 is 1.95 bits per heavy atom. The lowest BCUT2D eigenvalue weighted by Gasteiger charge is -2.19. The van der Waals surface area contributed by atoms with E-state index in [0.29, 0.717) is 41.1 Å². The van der Waals surface area contributed by atoms with Gasteiger partial charge in [-0.05, 0) is 43.7 Å². The van der Waals surface area contributed by atoms with Crippen LogP contribution in [-0.2, 0) is 0 Å². The van der Waals surface area contributed by atoms with Crippen molar-refractivity contribution in [2.24, 2.45) is 0 Å². The van der Waals surface area contributed by atoms with Crippen molar-refractivity contribution in [1.29, 1.82) is 0 Å². The first-order valence-electron chi connectivity index (χ1n) is 6.93. The van der Waals surface area contributed by atoms with Crippen molar-refractivity contribution in [3.05, 3.63) is 51.9 Å². The molecule has 1 aliphatic heterocycles. The van der Waals surface area contributed by atoms with Gasteiger partial charge in [0.2, 0.25) is 0 Å². The molecule has 0 saturated heterocycles. The molecule has 0 bridgehead atoms. The van der Waals surface area contributed by atoms with Crippen molar-refractivity contribution >= 4 is 23.5 Å². The highest BCUT2D eigenvalue weighted by molar-refractivity contribution is 6.32. The second kappa shape index (κ2) is 5.89. The van der Waals surface area contributed by atoms with Gasteiger partial charge in [0, 0.05) is 0 Å². The van der Waals surface area contributed by atoms with Gasteiger partial charge in [-0.15, -0.1) is 0 Å². The molecule has 1 aliphatic rings. The standard InChI is InChI=1S/C17H15ClO4/c1-10-7-13(11(2)22-10)15(19)4-3-12-8-14(18)17-16(9-12)20-5-6-21-17/h3-4,7-9H,5-6H2,1-2H3/b4-3+. The van der Waals surface area contributed by atoms with Crippen LogP contribution in [-0.4, -0.2) is 19.0 Å². The topological polar surface area (TPSA) is 48.7 Å². The molecule has 114 valence electrons. The number of benzene rings is 1. The zero-order chi connectivity index (χ0) is 15.7. The van der Waals surface area contributed by atoms with Crippen molar-refractivity contribution in [2.45, 2.75) is 13.8 Å². The van der Waals surface area contributed by atoms with Crippen LogP contribution in [0.25, 0.3) is 6.08 Å². The van der Waals surface area contributed by atoms with Crippen molar-refractivity contribution in [3.8, 4) is 11.5 Å². The van der Waals surface area contributed by atoms with Gasteiger partial charge in [-0.3, -0.25) is 4.79 Å². The molecule has 4 nitrogen and oxygen atoms in total. The number of allylic oxidation sites excluding steroid dienone is 1. The Hall–Kier alpha value is -2.20. The molecule has 0 spiro atoms. The van der Waals surface area contributed by atoms with Gasteiger partial charge in [-0.2, -0.15) is 0 Å². The molecule has 0 fully saturated rings. The van der Waals surface area contributed by atoms with Gasteiger partial charge in [0.15, 0.2) is 17.3 Å². The molecule has 0 N–H and O–H groups in total. The normalized spacial score (nSPS) is 13.6. The van der Waals surface area contributed by atoms with Gasteiger partial charge in [-0.1, -0.05) is 17.7 Å². The molecule has 5 heteroatoms. The number of carbonyl (C=O) groups excluding carboxylic acids is 1. The van der Waals surface area contributed by atoms with Crippen molar-refractivity contribution in [3.63, 3.8) is 0 Å². The molecule has 22 heavy (non-hydrogen) atoms. The number of halogens is 1. The Labute approximate surface area is 133 Å². The fourth-order valence-electron chi connectivity index (χ4n) is 2.36. The monoisotopic (exact) mass is 318 g/mol. The maximum absolute atomic E-state index is 12.2. The lowest BCUT2D eigenvalue weighted by atomic mass is 10.1. The summed E-state index contributed by atoms with van der Waals surface area (Å²) in [4.78, 5) is 12.2. The predicted molar refractivity (Wildman–Crippen MR) is 84.0 cm³/mol. The predicted octanol–water partition coefficient (Wildman–Crippen LogP) is 4.22. The minimum atomic E-state index is -0.111. The van der Waals surface area contributed by atoms with E-state index >= 15 is 0 Å². The second-order valence-electron chi connectivity index (χ2n) is 5.05. The van der Waals surface area contributed by atoms with Crippen molar-refractivity contribution < 1.29 is 18.7 Å². The third-order valence-electron chi connectivity index (χ3n) is 3.35. The number of ether oxygens (including phenoxy) is 2. The van der Waals surface area contributed by atoms with Crippen molar-refractivity contribution in [2.75, 3.05) is 13.2 Å². The Balaban J connectivity index is 1.85. The average Bonchev–Trinajstić information content (AvgIpc) is 2.84. The van der Waals surface area contributed by atoms with Crippen LogP contribution in [0.5, 0.6) is 11.5 Å². The van der Waals surface area contributed by atoms with Crippen LogP contribution < -0.4 is 9.47 Å². The summed E-state index contributed by atoms with van der Waals surface area (Å²) in [5.74, 6) is 2.38. The summed E-state index contributed by atoms with van der Waals surface area (Å²) in [7, 11) is 0. The van der Waals surface area contributed by atoms with E-state index in [0.717, 1.165) is 11.3 Å². The number of rotatable bonds is 3. The van der Waals surface area contributed by atoms with Gasteiger partial charge in [0.05, 0.1) is 10.6 Å². The number of furan rings is 1. The molecule has 2 aromatic rings. The summed E-state index contributed by atoms with van der Waals surface area (Å²) >= 11 is 6.17. The average molecular weight is 319 g/mol. The van der Waals surface area contributed by atoms with Crippen LogP contribution in [0.3, 0.4) is 0 Å². The Morgan fingerprint density at radius 1 is 1.18 bits per heavy atom. The maximum Gasteiger partial charge on any atom is 0.189 e. The van der Waals surface area contributed by atoms with Gasteiger partial charge < -0.3 is 13.9 Å². The molecule has 1 aromatic heterocycles. The fraction of sp³-hybridized carbons (Fsp3) is 0.235. The quantitative estimate of drug-likeness (QED) is 0.628. The largest absolute Gasteiger partial charge is 0.486 e. The number of aryl methyl sites for hydroxylation is 2. The molecule has 2 heterocycles. The van der Waals surface area contributed by atoms with E-state index in [1.165, 1.54) is 6.08 Å². The molecular weight excluding hydrogens is 304 g/mol. The molecule has 0 aliphatic carbocycles. The Bertz CT molecular complexity index is 758. The van der Waals surface area contributed by atoms with E-state index in [2.05, 4.69) is 0 Å². The van der Waals surface area contributed by atoms with E-state index in [4.69, 9.17) is 25.5 Å². The molecule has 0 saturated carbocycles. The zero-order valence-corrected chi connectivity index (χ0v) is 13.1. The van der Waals surface area contributed by atoms with E-state index in [-0.39, 0.29) is 5.78 Å². The summed E-state index contributed by atoms with van der Waals surface area (Å²) in [6.45, 7) is 4.56. The van der Waals surface area contributed by atoms with E-state index in [1.54, 1.807) is 31.2 Å². The molecular formula is C17H15ClO4. The van der Waals surface area contributed by atoms with Crippen LogP contribution in [0.15, 0.2) is 28.7 Å². The summed E-state index contributed by atoms with van der Waals surface area (Å²) < 4.78 is 16.3. The lowest BCUT2D eigenvalue weighted by molar-refractivity contribution is 0.104. The van der Waals surface area contributed by atoms with Gasteiger partial charge in [-0.25, -0.2) is 0 Å². The van der Waals surface area contributed by atoms with Crippen LogP contribution in [0.1, 0.15) is 27.4 Å². The smallest absolute Gasteiger partial charge is 0.189 e. The highest BCUT2D eigenvalue weighted by Crippen LogP contribution is 2.38. The molecule has 1 aromatic carbocycles. The zero-order valence-electron chi connectivity index (χ0n) is 12.3. The Morgan fingerprint density at radius 3 is 2.68 bits per heavy atom.